The number of hydrogen-bond donors (Lipinski definition) is 1. The molecule has 37 heavy (non-hydrogen) atoms. The van der Waals surface area contributed by atoms with E-state index in [0.29, 0.717) is 29.4 Å². The van der Waals surface area contributed by atoms with Gasteiger partial charge >= 0.3 is 0 Å². The van der Waals surface area contributed by atoms with Crippen LogP contribution in [0.25, 0.3) is 0 Å². The quantitative estimate of drug-likeness (QED) is 0.373. The Balaban J connectivity index is 2.22. The first-order valence-corrected chi connectivity index (χ1v) is 14.6. The van der Waals surface area contributed by atoms with Crippen molar-refractivity contribution in [3.05, 3.63) is 59.1 Å². The molecular formula is C27H38ClN3O5S. The topological polar surface area (TPSA) is 96.0 Å². The Morgan fingerprint density at radius 1 is 1.11 bits per heavy atom. The monoisotopic (exact) mass is 551 g/mol. The lowest BCUT2D eigenvalue weighted by atomic mass is 10.1. The van der Waals surface area contributed by atoms with E-state index in [2.05, 4.69) is 5.32 Å². The summed E-state index contributed by atoms with van der Waals surface area (Å²) in [5.41, 5.74) is 1.31. The van der Waals surface area contributed by atoms with Gasteiger partial charge in [0.05, 0.1) is 19.1 Å². The number of amides is 2. The smallest absolute Gasteiger partial charge is 0.242 e. The van der Waals surface area contributed by atoms with E-state index < -0.39 is 16.1 Å². The molecule has 0 aliphatic carbocycles. The predicted molar refractivity (Wildman–Crippen MR) is 148 cm³/mol. The lowest BCUT2D eigenvalue weighted by Gasteiger charge is -2.31. The van der Waals surface area contributed by atoms with Crippen LogP contribution >= 0.6 is 11.6 Å². The van der Waals surface area contributed by atoms with Crippen molar-refractivity contribution in [2.75, 3.05) is 30.8 Å². The minimum absolute atomic E-state index is 0.0809. The van der Waals surface area contributed by atoms with E-state index in [4.69, 9.17) is 16.3 Å². The number of carbonyl (C=O) groups is 2. The van der Waals surface area contributed by atoms with Crippen LogP contribution in [0.5, 0.6) is 5.75 Å². The van der Waals surface area contributed by atoms with Gasteiger partial charge in [-0.2, -0.15) is 0 Å². The fourth-order valence-electron chi connectivity index (χ4n) is 3.92. The molecule has 1 N–H and O–H groups in total. The summed E-state index contributed by atoms with van der Waals surface area (Å²) in [6.45, 7) is 6.76. The largest absolute Gasteiger partial charge is 0.497 e. The molecule has 0 heterocycles. The zero-order valence-electron chi connectivity index (χ0n) is 22.2. The second-order valence-corrected chi connectivity index (χ2v) is 11.7. The normalized spacial score (nSPS) is 12.2. The highest BCUT2D eigenvalue weighted by Gasteiger charge is 2.29. The zero-order chi connectivity index (χ0) is 27.6. The third kappa shape index (κ3) is 9.55. The lowest BCUT2D eigenvalue weighted by Crippen LogP contribution is -2.49. The Morgan fingerprint density at radius 2 is 1.78 bits per heavy atom. The van der Waals surface area contributed by atoms with Crippen LogP contribution in [0.3, 0.4) is 0 Å². The fourth-order valence-corrected chi connectivity index (χ4v) is 5.01. The number of halogens is 1. The average molecular weight is 552 g/mol. The van der Waals surface area contributed by atoms with Gasteiger partial charge in [-0.25, -0.2) is 8.42 Å². The molecule has 8 nitrogen and oxygen atoms in total. The third-order valence-electron chi connectivity index (χ3n) is 5.82. The Morgan fingerprint density at radius 3 is 2.35 bits per heavy atom. The van der Waals surface area contributed by atoms with Crippen LogP contribution in [-0.2, 0) is 26.2 Å². The van der Waals surface area contributed by atoms with E-state index in [1.54, 1.807) is 36.3 Å². The Bertz CT molecular complexity index is 1140. The number of ether oxygens (including phenoxy) is 1. The van der Waals surface area contributed by atoms with E-state index in [-0.39, 0.29) is 43.7 Å². The highest BCUT2D eigenvalue weighted by molar-refractivity contribution is 7.92. The second kappa shape index (κ2) is 14.2. The summed E-state index contributed by atoms with van der Waals surface area (Å²) < 4.78 is 31.4. The third-order valence-corrected chi connectivity index (χ3v) is 7.27. The van der Waals surface area contributed by atoms with E-state index in [9.17, 15) is 18.0 Å². The minimum atomic E-state index is -3.57. The molecule has 1 atom stereocenters. The van der Waals surface area contributed by atoms with Gasteiger partial charge in [0.25, 0.3) is 0 Å². The first kappa shape index (κ1) is 30.4. The van der Waals surface area contributed by atoms with Gasteiger partial charge in [0.1, 0.15) is 11.8 Å². The van der Waals surface area contributed by atoms with Gasteiger partial charge in [0.15, 0.2) is 0 Å². The number of nitrogens with zero attached hydrogens (tertiary/aromatic N) is 2. The van der Waals surface area contributed by atoms with E-state index in [0.717, 1.165) is 11.8 Å². The van der Waals surface area contributed by atoms with Gasteiger partial charge in [0, 0.05) is 31.1 Å². The van der Waals surface area contributed by atoms with Crippen molar-refractivity contribution in [3.8, 4) is 5.75 Å². The summed E-state index contributed by atoms with van der Waals surface area (Å²) in [5.74, 6) is 0.512. The molecule has 0 aromatic heterocycles. The van der Waals surface area contributed by atoms with Crippen molar-refractivity contribution in [1.29, 1.82) is 0 Å². The van der Waals surface area contributed by atoms with Crippen LogP contribution in [0.2, 0.25) is 5.02 Å². The number of hydrogen-bond acceptors (Lipinski definition) is 5. The van der Waals surface area contributed by atoms with Crippen LogP contribution < -0.4 is 14.4 Å². The molecule has 0 fully saturated rings. The molecule has 204 valence electrons. The van der Waals surface area contributed by atoms with Gasteiger partial charge in [0.2, 0.25) is 21.8 Å². The first-order chi connectivity index (χ1) is 17.5. The highest BCUT2D eigenvalue weighted by atomic mass is 35.5. The van der Waals surface area contributed by atoms with Crippen molar-refractivity contribution in [2.45, 2.75) is 52.6 Å². The van der Waals surface area contributed by atoms with Crippen LogP contribution in [0.15, 0.2) is 48.5 Å². The number of nitrogens with one attached hydrogen (secondary N) is 1. The molecule has 0 saturated heterocycles. The average Bonchev–Trinajstić information content (AvgIpc) is 2.85. The van der Waals surface area contributed by atoms with Gasteiger partial charge in [-0.3, -0.25) is 13.9 Å². The minimum Gasteiger partial charge on any atom is -0.497 e. The number of methoxy groups -OCH3 is 1. The Labute approximate surface area is 226 Å². The van der Waals surface area contributed by atoms with Crippen LogP contribution in [-0.4, -0.2) is 57.6 Å². The van der Waals surface area contributed by atoms with E-state index in [1.165, 1.54) is 4.31 Å². The molecule has 0 bridgehead atoms. The molecule has 0 aliphatic heterocycles. The second-order valence-electron chi connectivity index (χ2n) is 9.35. The molecule has 2 aromatic carbocycles. The number of carbonyl (C=O) groups excluding carboxylic acids is 2. The standard InChI is InChI=1S/C27H38ClN3O5S/c1-6-25(27(33)29-18-20(2)3)30(19-21-9-7-10-24(17-21)36-4)26(32)11-8-16-31(37(5,34)35)23-14-12-22(28)13-15-23/h7,9-10,12-15,17,20,25H,6,8,11,16,18-19H2,1-5H3,(H,29,33)/t25-/m0/s1. The van der Waals surface area contributed by atoms with Crippen molar-refractivity contribution < 1.29 is 22.7 Å². The summed E-state index contributed by atoms with van der Waals surface area (Å²) in [4.78, 5) is 28.1. The summed E-state index contributed by atoms with van der Waals surface area (Å²) in [5, 5.41) is 3.44. The number of rotatable bonds is 14. The van der Waals surface area contributed by atoms with Gasteiger partial charge in [-0.1, -0.05) is 44.5 Å². The summed E-state index contributed by atoms with van der Waals surface area (Å²) >= 11 is 5.95. The van der Waals surface area contributed by atoms with E-state index in [1.807, 2.05) is 45.0 Å². The Hall–Kier alpha value is -2.78. The maximum Gasteiger partial charge on any atom is 0.242 e. The molecule has 0 unspecified atom stereocenters. The van der Waals surface area contributed by atoms with Crippen molar-refractivity contribution in [3.63, 3.8) is 0 Å². The van der Waals surface area contributed by atoms with Crippen LogP contribution in [0, 0.1) is 5.92 Å². The molecule has 0 spiro atoms. The van der Waals surface area contributed by atoms with Gasteiger partial charge in [-0.15, -0.1) is 0 Å². The van der Waals surface area contributed by atoms with Crippen molar-refractivity contribution in [1.82, 2.24) is 10.2 Å². The maximum atomic E-state index is 13.5. The zero-order valence-corrected chi connectivity index (χ0v) is 23.8. The van der Waals surface area contributed by atoms with E-state index >= 15 is 0 Å². The number of sulfonamides is 1. The molecule has 2 amide bonds. The summed E-state index contributed by atoms with van der Waals surface area (Å²) in [6.07, 6.45) is 1.94. The molecular weight excluding hydrogens is 514 g/mol. The van der Waals surface area contributed by atoms with Gasteiger partial charge in [-0.05, 0) is 60.7 Å². The van der Waals surface area contributed by atoms with Crippen molar-refractivity contribution in [2.24, 2.45) is 5.92 Å². The molecule has 10 heteroatoms. The predicted octanol–water partition coefficient (Wildman–Crippen LogP) is 4.47. The maximum absolute atomic E-state index is 13.5. The van der Waals surface area contributed by atoms with Crippen LogP contribution in [0.1, 0.15) is 45.6 Å². The van der Waals surface area contributed by atoms with Gasteiger partial charge < -0.3 is 15.0 Å². The summed E-state index contributed by atoms with van der Waals surface area (Å²) in [6, 6.07) is 13.2. The Kier molecular flexibility index (Phi) is 11.7. The van der Waals surface area contributed by atoms with Crippen molar-refractivity contribution >= 4 is 39.1 Å². The number of anilines is 1. The van der Waals surface area contributed by atoms with Crippen LogP contribution in [0.4, 0.5) is 5.69 Å². The molecule has 2 aromatic rings. The lowest BCUT2D eigenvalue weighted by molar-refractivity contribution is -0.141. The first-order valence-electron chi connectivity index (χ1n) is 12.4. The molecule has 2 rings (SSSR count). The summed E-state index contributed by atoms with van der Waals surface area (Å²) in [7, 11) is -1.99. The molecule has 0 saturated carbocycles. The molecule has 0 aliphatic rings. The molecule has 0 radical (unpaired) electrons. The highest BCUT2D eigenvalue weighted by Crippen LogP contribution is 2.22. The number of benzene rings is 2. The fraction of sp³-hybridized carbons (Fsp3) is 0.481. The SMILES string of the molecule is CC[C@@H](C(=O)NCC(C)C)N(Cc1cccc(OC)c1)C(=O)CCCN(c1ccc(Cl)cc1)S(C)(=O)=O.